The van der Waals surface area contributed by atoms with Gasteiger partial charge >= 0.3 is 0 Å². The lowest BCUT2D eigenvalue weighted by Gasteiger charge is -2.30. The highest BCUT2D eigenvalue weighted by Crippen LogP contribution is 2.43. The van der Waals surface area contributed by atoms with Crippen molar-refractivity contribution >= 4 is 22.4 Å². The summed E-state index contributed by atoms with van der Waals surface area (Å²) in [6.45, 7) is 2.15. The molecule has 0 saturated carbocycles. The molecule has 0 fully saturated rings. The number of nitrogens with zero attached hydrogens (tertiary/aromatic N) is 1. The van der Waals surface area contributed by atoms with Gasteiger partial charge in [0.2, 0.25) is 5.91 Å². The molecule has 0 saturated heterocycles. The molecular formula is C17H17NO. The van der Waals surface area contributed by atoms with Gasteiger partial charge in [0.1, 0.15) is 0 Å². The normalized spacial score (nSPS) is 22.1. The van der Waals surface area contributed by atoms with Crippen LogP contribution in [0.2, 0.25) is 0 Å². The number of aromatic nitrogens is 1. The van der Waals surface area contributed by atoms with Crippen molar-refractivity contribution in [2.75, 3.05) is 0 Å². The summed E-state index contributed by atoms with van der Waals surface area (Å²) in [5.74, 6) is 0.722. The summed E-state index contributed by atoms with van der Waals surface area (Å²) in [7, 11) is 0. The van der Waals surface area contributed by atoms with Gasteiger partial charge < -0.3 is 0 Å². The van der Waals surface area contributed by atoms with Crippen LogP contribution in [0.5, 0.6) is 0 Å². The number of benzene rings is 1. The predicted molar refractivity (Wildman–Crippen MR) is 77.2 cm³/mol. The summed E-state index contributed by atoms with van der Waals surface area (Å²) in [6, 6.07) is 8.26. The zero-order valence-electron chi connectivity index (χ0n) is 11.1. The molecule has 0 spiro atoms. The first kappa shape index (κ1) is 11.0. The average molecular weight is 251 g/mol. The van der Waals surface area contributed by atoms with Crippen LogP contribution >= 0.6 is 0 Å². The molecule has 1 aromatic carbocycles. The van der Waals surface area contributed by atoms with E-state index in [-0.39, 0.29) is 5.91 Å². The molecule has 1 aliphatic heterocycles. The largest absolute Gasteiger partial charge is 0.280 e. The highest BCUT2D eigenvalue weighted by atomic mass is 16.2. The third kappa shape index (κ3) is 1.40. The number of allylic oxidation sites excluding steroid dienone is 2. The maximum absolute atomic E-state index is 12.5. The standard InChI is InChI=1S/C17H17NO/c1-11-13-7-4-5-9-15(13)18-16(19)10-12-6-2-3-8-14(12)17(11)18/h4-5,7-9,12H,2-3,6,10H2,1H3/t12-/m1/s1. The number of hydrogen-bond acceptors (Lipinski definition) is 1. The van der Waals surface area contributed by atoms with Crippen molar-refractivity contribution in [2.24, 2.45) is 5.92 Å². The lowest BCUT2D eigenvalue weighted by Crippen LogP contribution is -2.26. The van der Waals surface area contributed by atoms with Crippen molar-refractivity contribution in [3.8, 4) is 0 Å². The third-order valence-corrected chi connectivity index (χ3v) is 4.63. The Hall–Kier alpha value is -1.83. The number of para-hydroxylation sites is 1. The number of fused-ring (bicyclic) bond motifs is 5. The molecule has 2 aromatic rings. The topological polar surface area (TPSA) is 22.0 Å². The van der Waals surface area contributed by atoms with Gasteiger partial charge in [0.25, 0.3) is 0 Å². The van der Waals surface area contributed by atoms with Gasteiger partial charge in [-0.05, 0) is 49.3 Å². The van der Waals surface area contributed by atoms with Crippen LogP contribution < -0.4 is 0 Å². The fraction of sp³-hybridized carbons (Fsp3) is 0.353. The summed E-state index contributed by atoms with van der Waals surface area (Å²) < 4.78 is 1.96. The van der Waals surface area contributed by atoms with Gasteiger partial charge in [-0.1, -0.05) is 24.3 Å². The van der Waals surface area contributed by atoms with Crippen LogP contribution in [-0.2, 0) is 0 Å². The van der Waals surface area contributed by atoms with Crippen molar-refractivity contribution in [3.05, 3.63) is 41.6 Å². The first-order chi connectivity index (χ1) is 9.27. The van der Waals surface area contributed by atoms with Gasteiger partial charge in [0.05, 0.1) is 11.2 Å². The van der Waals surface area contributed by atoms with Gasteiger partial charge in [-0.3, -0.25) is 9.36 Å². The second-order valence-corrected chi connectivity index (χ2v) is 5.71. The molecule has 0 amide bonds. The van der Waals surface area contributed by atoms with Crippen LogP contribution in [0.4, 0.5) is 0 Å². The Morgan fingerprint density at radius 3 is 3.00 bits per heavy atom. The highest BCUT2D eigenvalue weighted by molar-refractivity contribution is 6.02. The Balaban J connectivity index is 2.11. The van der Waals surface area contributed by atoms with Crippen molar-refractivity contribution in [3.63, 3.8) is 0 Å². The second-order valence-electron chi connectivity index (χ2n) is 5.71. The minimum Gasteiger partial charge on any atom is -0.280 e. The van der Waals surface area contributed by atoms with Crippen molar-refractivity contribution in [1.29, 1.82) is 0 Å². The van der Waals surface area contributed by atoms with Crippen LogP contribution in [0.25, 0.3) is 16.5 Å². The SMILES string of the molecule is Cc1c2n(c3ccccc13)C(=O)C[C@H]1CCCC=C21. The maximum atomic E-state index is 12.5. The van der Waals surface area contributed by atoms with Crippen LogP contribution in [0, 0.1) is 12.8 Å². The van der Waals surface area contributed by atoms with E-state index in [9.17, 15) is 4.79 Å². The molecule has 1 aliphatic carbocycles. The Labute approximate surface area is 112 Å². The highest BCUT2D eigenvalue weighted by Gasteiger charge is 2.33. The Morgan fingerprint density at radius 1 is 1.26 bits per heavy atom. The van der Waals surface area contributed by atoms with Gasteiger partial charge in [-0.15, -0.1) is 0 Å². The molecule has 1 aromatic heterocycles. The maximum Gasteiger partial charge on any atom is 0.232 e. The second kappa shape index (κ2) is 3.83. The van der Waals surface area contributed by atoms with Gasteiger partial charge in [-0.25, -0.2) is 0 Å². The third-order valence-electron chi connectivity index (χ3n) is 4.63. The molecule has 2 heteroatoms. The zero-order valence-corrected chi connectivity index (χ0v) is 11.1. The van der Waals surface area contributed by atoms with Crippen molar-refractivity contribution < 1.29 is 4.79 Å². The molecule has 2 aliphatic rings. The lowest BCUT2D eigenvalue weighted by atomic mass is 9.80. The molecule has 19 heavy (non-hydrogen) atoms. The molecule has 0 N–H and O–H groups in total. The van der Waals surface area contributed by atoms with Gasteiger partial charge in [-0.2, -0.15) is 0 Å². The lowest BCUT2D eigenvalue weighted by molar-refractivity contribution is 0.0881. The van der Waals surface area contributed by atoms with E-state index in [1.807, 2.05) is 10.6 Å². The average Bonchev–Trinajstić information content (AvgIpc) is 2.74. The van der Waals surface area contributed by atoms with E-state index >= 15 is 0 Å². The first-order valence-corrected chi connectivity index (χ1v) is 7.11. The molecule has 2 nitrogen and oxygen atoms in total. The molecular weight excluding hydrogens is 234 g/mol. The van der Waals surface area contributed by atoms with E-state index in [1.54, 1.807) is 0 Å². The summed E-state index contributed by atoms with van der Waals surface area (Å²) in [5.41, 5.74) is 4.94. The fourth-order valence-electron chi connectivity index (χ4n) is 3.75. The summed E-state index contributed by atoms with van der Waals surface area (Å²) in [4.78, 5) is 12.5. The molecule has 4 rings (SSSR count). The number of aryl methyl sites for hydroxylation is 1. The zero-order chi connectivity index (χ0) is 13.0. The smallest absolute Gasteiger partial charge is 0.232 e. The number of hydrogen-bond donors (Lipinski definition) is 0. The van der Waals surface area contributed by atoms with Crippen LogP contribution in [-0.4, -0.2) is 10.5 Å². The Kier molecular flexibility index (Phi) is 2.22. The van der Waals surface area contributed by atoms with Crippen LogP contribution in [0.15, 0.2) is 30.3 Å². The van der Waals surface area contributed by atoms with E-state index in [4.69, 9.17) is 0 Å². The van der Waals surface area contributed by atoms with Gasteiger partial charge in [0.15, 0.2) is 0 Å². The molecule has 2 heterocycles. The first-order valence-electron chi connectivity index (χ1n) is 7.11. The van der Waals surface area contributed by atoms with Crippen LogP contribution in [0.1, 0.15) is 41.7 Å². The number of rotatable bonds is 0. The predicted octanol–water partition coefficient (Wildman–Crippen LogP) is 4.18. The minimum atomic E-state index is 0.267. The van der Waals surface area contributed by atoms with E-state index in [2.05, 4.69) is 31.2 Å². The quantitative estimate of drug-likeness (QED) is 0.688. The minimum absolute atomic E-state index is 0.267. The van der Waals surface area contributed by atoms with E-state index in [0.717, 1.165) is 11.9 Å². The Morgan fingerprint density at radius 2 is 2.11 bits per heavy atom. The number of carbonyl (C=O) groups is 1. The molecule has 0 bridgehead atoms. The van der Waals surface area contributed by atoms with Crippen LogP contribution in [0.3, 0.4) is 0 Å². The summed E-state index contributed by atoms with van der Waals surface area (Å²) in [5, 5.41) is 1.22. The Bertz CT molecular complexity index is 720. The van der Waals surface area contributed by atoms with E-state index in [0.29, 0.717) is 12.3 Å². The van der Waals surface area contributed by atoms with Crippen molar-refractivity contribution in [2.45, 2.75) is 32.6 Å². The van der Waals surface area contributed by atoms with E-state index < -0.39 is 0 Å². The molecule has 0 radical (unpaired) electrons. The fourth-order valence-corrected chi connectivity index (χ4v) is 3.75. The molecule has 1 atom stereocenters. The molecule has 0 unspecified atom stereocenters. The number of carbonyl (C=O) groups excluding carboxylic acids is 1. The van der Waals surface area contributed by atoms with E-state index in [1.165, 1.54) is 35.1 Å². The molecule has 96 valence electrons. The van der Waals surface area contributed by atoms with Gasteiger partial charge in [0, 0.05) is 11.8 Å². The summed E-state index contributed by atoms with van der Waals surface area (Å²) >= 11 is 0. The monoisotopic (exact) mass is 251 g/mol. The summed E-state index contributed by atoms with van der Waals surface area (Å²) in [6.07, 6.45) is 6.58. The van der Waals surface area contributed by atoms with Crippen molar-refractivity contribution in [1.82, 2.24) is 4.57 Å².